The predicted octanol–water partition coefficient (Wildman–Crippen LogP) is 3.73. The van der Waals surface area contributed by atoms with Crippen molar-refractivity contribution in [2.45, 2.75) is 38.6 Å². The summed E-state index contributed by atoms with van der Waals surface area (Å²) >= 11 is 0. The second-order valence-electron chi connectivity index (χ2n) is 5.34. The van der Waals surface area contributed by atoms with Crippen LogP contribution >= 0.6 is 0 Å². The summed E-state index contributed by atoms with van der Waals surface area (Å²) in [5, 5.41) is 11.3. The summed E-state index contributed by atoms with van der Waals surface area (Å²) in [5.41, 5.74) is 2.10. The number of nitrogens with one attached hydrogen (secondary N) is 1. The first kappa shape index (κ1) is 12.2. The van der Waals surface area contributed by atoms with Crippen molar-refractivity contribution >= 4 is 5.69 Å². The molecule has 0 aliphatic heterocycles. The lowest BCUT2D eigenvalue weighted by molar-refractivity contribution is 0.349. The lowest BCUT2D eigenvalue weighted by Gasteiger charge is -2.30. The van der Waals surface area contributed by atoms with E-state index < -0.39 is 0 Å². The van der Waals surface area contributed by atoms with E-state index in [-0.39, 0.29) is 0 Å². The molecule has 2 unspecified atom stereocenters. The highest BCUT2D eigenvalue weighted by Gasteiger charge is 2.20. The Hall–Kier alpha value is -1.84. The van der Waals surface area contributed by atoms with Crippen LogP contribution in [-0.4, -0.2) is 16.2 Å². The second kappa shape index (κ2) is 5.43. The molecule has 100 valence electrons. The Morgan fingerprint density at radius 1 is 1.26 bits per heavy atom. The van der Waals surface area contributed by atoms with Crippen LogP contribution in [-0.2, 0) is 0 Å². The number of nitrogens with zero attached hydrogens (tertiary/aromatic N) is 2. The van der Waals surface area contributed by atoms with E-state index in [0.717, 1.165) is 17.2 Å². The van der Waals surface area contributed by atoms with E-state index in [2.05, 4.69) is 34.6 Å². The van der Waals surface area contributed by atoms with Crippen LogP contribution in [0.2, 0.25) is 0 Å². The van der Waals surface area contributed by atoms with Crippen LogP contribution in [0.15, 0.2) is 35.1 Å². The largest absolute Gasteiger partial charge is 0.423 e. The van der Waals surface area contributed by atoms with E-state index in [1.807, 2.05) is 12.1 Å². The minimum atomic E-state index is 0.570. The molecule has 1 aromatic carbocycles. The van der Waals surface area contributed by atoms with Gasteiger partial charge in [0, 0.05) is 17.3 Å². The first-order chi connectivity index (χ1) is 9.33. The van der Waals surface area contributed by atoms with Crippen molar-refractivity contribution < 1.29 is 4.42 Å². The van der Waals surface area contributed by atoms with Crippen molar-refractivity contribution in [2.75, 3.05) is 5.32 Å². The predicted molar refractivity (Wildman–Crippen MR) is 74.8 cm³/mol. The van der Waals surface area contributed by atoms with E-state index in [4.69, 9.17) is 4.42 Å². The summed E-state index contributed by atoms with van der Waals surface area (Å²) in [4.78, 5) is 0. The van der Waals surface area contributed by atoms with Gasteiger partial charge in [0.25, 0.3) is 0 Å². The van der Waals surface area contributed by atoms with Gasteiger partial charge in [-0.2, -0.15) is 0 Å². The van der Waals surface area contributed by atoms with Gasteiger partial charge in [-0.3, -0.25) is 0 Å². The molecule has 3 rings (SSSR count). The Bertz CT molecular complexity index is 524. The molecule has 1 aliphatic rings. The third kappa shape index (κ3) is 2.78. The molecule has 0 bridgehead atoms. The zero-order valence-electron chi connectivity index (χ0n) is 11.2. The van der Waals surface area contributed by atoms with Crippen molar-refractivity contribution in [2.24, 2.45) is 5.92 Å². The minimum Gasteiger partial charge on any atom is -0.423 e. The minimum absolute atomic E-state index is 0.570. The Balaban J connectivity index is 1.76. The average Bonchev–Trinajstić information content (AvgIpc) is 2.96. The van der Waals surface area contributed by atoms with Gasteiger partial charge < -0.3 is 9.73 Å². The molecule has 0 amide bonds. The lowest BCUT2D eigenvalue weighted by atomic mass is 9.86. The monoisotopic (exact) mass is 257 g/mol. The summed E-state index contributed by atoms with van der Waals surface area (Å²) in [6.45, 7) is 2.33. The highest BCUT2D eigenvalue weighted by molar-refractivity contribution is 5.61. The molecule has 2 atom stereocenters. The quantitative estimate of drug-likeness (QED) is 0.910. The molecular weight excluding hydrogens is 238 g/mol. The Labute approximate surface area is 113 Å². The summed E-state index contributed by atoms with van der Waals surface area (Å²) < 4.78 is 5.24. The number of benzene rings is 1. The van der Waals surface area contributed by atoms with Gasteiger partial charge in [0.1, 0.15) is 0 Å². The molecule has 1 fully saturated rings. The Morgan fingerprint density at radius 2 is 2.16 bits per heavy atom. The van der Waals surface area contributed by atoms with Crippen molar-refractivity contribution in [3.8, 4) is 11.5 Å². The number of hydrogen-bond donors (Lipinski definition) is 1. The standard InChI is InChI=1S/C15H19N3O/c1-11-5-2-3-8-14(11)17-13-7-4-6-12(9-13)15-18-16-10-19-15/h4,6-7,9-11,14,17H,2-3,5,8H2,1H3. The number of hydrogen-bond acceptors (Lipinski definition) is 4. The number of anilines is 1. The smallest absolute Gasteiger partial charge is 0.247 e. The van der Waals surface area contributed by atoms with Crippen LogP contribution in [0.1, 0.15) is 32.6 Å². The third-order valence-corrected chi connectivity index (χ3v) is 3.93. The summed E-state index contributed by atoms with van der Waals surface area (Å²) in [6.07, 6.45) is 6.62. The molecule has 4 heteroatoms. The molecule has 1 aromatic heterocycles. The SMILES string of the molecule is CC1CCCCC1Nc1cccc(-c2nnco2)c1. The first-order valence-electron chi connectivity index (χ1n) is 6.96. The number of rotatable bonds is 3. The van der Waals surface area contributed by atoms with Crippen molar-refractivity contribution in [3.63, 3.8) is 0 Å². The van der Waals surface area contributed by atoms with Crippen molar-refractivity contribution in [3.05, 3.63) is 30.7 Å². The van der Waals surface area contributed by atoms with Gasteiger partial charge in [0.15, 0.2) is 0 Å². The van der Waals surface area contributed by atoms with Gasteiger partial charge in [0.2, 0.25) is 12.3 Å². The maximum atomic E-state index is 5.24. The highest BCUT2D eigenvalue weighted by Crippen LogP contribution is 2.28. The Kier molecular flexibility index (Phi) is 3.49. The topological polar surface area (TPSA) is 51.0 Å². The van der Waals surface area contributed by atoms with E-state index in [1.165, 1.54) is 32.1 Å². The third-order valence-electron chi connectivity index (χ3n) is 3.93. The van der Waals surface area contributed by atoms with E-state index in [9.17, 15) is 0 Å². The Morgan fingerprint density at radius 3 is 2.95 bits per heavy atom. The van der Waals surface area contributed by atoms with Crippen LogP contribution in [0.5, 0.6) is 0 Å². The van der Waals surface area contributed by atoms with E-state index >= 15 is 0 Å². The zero-order chi connectivity index (χ0) is 13.1. The normalized spacial score (nSPS) is 23.2. The molecule has 1 N–H and O–H groups in total. The number of aromatic nitrogens is 2. The summed E-state index contributed by atoms with van der Waals surface area (Å²) in [7, 11) is 0. The average molecular weight is 257 g/mol. The fourth-order valence-corrected chi connectivity index (χ4v) is 2.79. The molecular formula is C15H19N3O. The molecule has 19 heavy (non-hydrogen) atoms. The van der Waals surface area contributed by atoms with Crippen LogP contribution in [0.25, 0.3) is 11.5 Å². The molecule has 4 nitrogen and oxygen atoms in total. The van der Waals surface area contributed by atoms with Gasteiger partial charge in [0.05, 0.1) is 0 Å². The first-order valence-corrected chi connectivity index (χ1v) is 6.96. The highest BCUT2D eigenvalue weighted by atomic mass is 16.4. The van der Waals surface area contributed by atoms with E-state index in [1.54, 1.807) is 0 Å². The zero-order valence-corrected chi connectivity index (χ0v) is 11.2. The van der Waals surface area contributed by atoms with Crippen LogP contribution in [0, 0.1) is 5.92 Å². The van der Waals surface area contributed by atoms with Crippen molar-refractivity contribution in [1.29, 1.82) is 0 Å². The maximum absolute atomic E-state index is 5.24. The van der Waals surface area contributed by atoms with Gasteiger partial charge >= 0.3 is 0 Å². The van der Waals surface area contributed by atoms with Crippen LogP contribution < -0.4 is 5.32 Å². The van der Waals surface area contributed by atoms with Gasteiger partial charge in [-0.25, -0.2) is 0 Å². The molecule has 0 saturated heterocycles. The van der Waals surface area contributed by atoms with Crippen LogP contribution in [0.4, 0.5) is 5.69 Å². The molecule has 1 saturated carbocycles. The molecule has 0 radical (unpaired) electrons. The molecule has 2 aromatic rings. The van der Waals surface area contributed by atoms with Gasteiger partial charge in [-0.1, -0.05) is 25.8 Å². The summed E-state index contributed by atoms with van der Waals surface area (Å²) in [5.74, 6) is 1.31. The molecule has 1 aliphatic carbocycles. The van der Waals surface area contributed by atoms with Crippen LogP contribution in [0.3, 0.4) is 0 Å². The van der Waals surface area contributed by atoms with Gasteiger partial charge in [-0.05, 0) is 37.0 Å². The molecule has 1 heterocycles. The fraction of sp³-hybridized carbons (Fsp3) is 0.467. The molecule has 0 spiro atoms. The van der Waals surface area contributed by atoms with Crippen molar-refractivity contribution in [1.82, 2.24) is 10.2 Å². The second-order valence-corrected chi connectivity index (χ2v) is 5.34. The van der Waals surface area contributed by atoms with E-state index in [0.29, 0.717) is 11.9 Å². The maximum Gasteiger partial charge on any atom is 0.247 e. The van der Waals surface area contributed by atoms with Gasteiger partial charge in [-0.15, -0.1) is 10.2 Å². The lowest BCUT2D eigenvalue weighted by Crippen LogP contribution is -2.30. The summed E-state index contributed by atoms with van der Waals surface area (Å²) in [6, 6.07) is 8.76. The fourth-order valence-electron chi connectivity index (χ4n) is 2.79.